The third-order valence-corrected chi connectivity index (χ3v) is 4.71. The average molecular weight is 369 g/mol. The fraction of sp³-hybridized carbons (Fsp3) is 0.250. The third-order valence-electron chi connectivity index (χ3n) is 3.55. The fourth-order valence-electron chi connectivity index (χ4n) is 2.23. The van der Waals surface area contributed by atoms with Crippen LogP contribution in [-0.2, 0) is 16.9 Å². The Morgan fingerprint density at radius 2 is 2.00 bits per heavy atom. The summed E-state index contributed by atoms with van der Waals surface area (Å²) in [6.45, 7) is 1.55. The molecule has 1 unspecified atom stereocenters. The molecule has 0 fully saturated rings. The predicted octanol–water partition coefficient (Wildman–Crippen LogP) is 3.51. The number of ether oxygens (including phenoxy) is 1. The fourth-order valence-corrected chi connectivity index (χ4v) is 3.33. The maximum Gasteiger partial charge on any atom is 0.322 e. The Morgan fingerprint density at radius 1 is 1.24 bits per heavy atom. The lowest BCUT2D eigenvalue weighted by Gasteiger charge is -2.14. The molecule has 1 N–H and O–H groups in total. The Labute approximate surface area is 144 Å². The minimum absolute atomic E-state index is 0.00547. The van der Waals surface area contributed by atoms with Gasteiger partial charge in [-0.05, 0) is 25.1 Å². The van der Waals surface area contributed by atoms with Crippen molar-refractivity contribution in [2.75, 3.05) is 0 Å². The van der Waals surface area contributed by atoms with E-state index in [0.717, 1.165) is 5.52 Å². The summed E-state index contributed by atoms with van der Waals surface area (Å²) >= 11 is -1.53. The Balaban J connectivity index is 1.80. The van der Waals surface area contributed by atoms with E-state index in [9.17, 15) is 17.7 Å². The van der Waals surface area contributed by atoms with Crippen molar-refractivity contribution >= 4 is 22.2 Å². The van der Waals surface area contributed by atoms with Gasteiger partial charge >= 0.3 is 11.6 Å². The minimum Gasteiger partial charge on any atom is -0.609 e. The number of alkyl halides is 3. The molecule has 0 aliphatic rings. The molecule has 0 amide bonds. The lowest BCUT2D eigenvalue weighted by molar-refractivity contribution is -0.0672. The highest BCUT2D eigenvalue weighted by Crippen LogP contribution is 2.25. The Hall–Kier alpha value is -2.26. The molecule has 2 heterocycles. The molecule has 3 aromatic rings. The molecule has 0 radical (unpaired) electrons. The van der Waals surface area contributed by atoms with Gasteiger partial charge in [0, 0.05) is 22.9 Å². The second kappa shape index (κ2) is 7.32. The SMILES string of the molecule is Cc1c(OC(F)C(F)F)ccnc1C[S@@+]([O-])c1nc2ccccc2[nH]1. The zero-order valence-corrected chi connectivity index (χ0v) is 13.9. The molecule has 0 aliphatic carbocycles. The van der Waals surface area contributed by atoms with Crippen LogP contribution in [0.25, 0.3) is 11.0 Å². The first kappa shape index (κ1) is 17.6. The van der Waals surface area contributed by atoms with Crippen LogP contribution in [0.15, 0.2) is 41.7 Å². The highest BCUT2D eigenvalue weighted by atomic mass is 32.2. The third kappa shape index (κ3) is 3.88. The molecule has 3 rings (SSSR count). The van der Waals surface area contributed by atoms with Gasteiger partial charge in [-0.2, -0.15) is 9.37 Å². The summed E-state index contributed by atoms with van der Waals surface area (Å²) in [5.74, 6) is -0.0616. The van der Waals surface area contributed by atoms with Crippen molar-refractivity contribution < 1.29 is 22.5 Å². The van der Waals surface area contributed by atoms with Crippen molar-refractivity contribution in [2.45, 2.75) is 30.6 Å². The number of imidazole rings is 1. The largest absolute Gasteiger partial charge is 0.609 e. The van der Waals surface area contributed by atoms with E-state index in [0.29, 0.717) is 16.8 Å². The molecule has 132 valence electrons. The predicted molar refractivity (Wildman–Crippen MR) is 86.7 cm³/mol. The van der Waals surface area contributed by atoms with Crippen molar-refractivity contribution in [2.24, 2.45) is 0 Å². The first-order valence-corrected chi connectivity index (χ1v) is 8.64. The zero-order chi connectivity index (χ0) is 18.0. The summed E-state index contributed by atoms with van der Waals surface area (Å²) in [6.07, 6.45) is -4.68. The molecule has 2 atom stereocenters. The Bertz CT molecular complexity index is 842. The van der Waals surface area contributed by atoms with E-state index < -0.39 is 24.0 Å². The summed E-state index contributed by atoms with van der Waals surface area (Å²) in [6, 6.07) is 8.54. The van der Waals surface area contributed by atoms with E-state index >= 15 is 0 Å². The first-order chi connectivity index (χ1) is 12.0. The topological polar surface area (TPSA) is 73.9 Å². The number of nitrogens with zero attached hydrogens (tertiary/aromatic N) is 2. The molecule has 25 heavy (non-hydrogen) atoms. The van der Waals surface area contributed by atoms with Crippen LogP contribution in [0, 0.1) is 6.92 Å². The first-order valence-electron chi connectivity index (χ1n) is 7.32. The van der Waals surface area contributed by atoms with E-state index in [1.807, 2.05) is 18.2 Å². The number of H-pyrrole nitrogens is 1. The number of halogens is 3. The van der Waals surface area contributed by atoms with Gasteiger partial charge in [0.05, 0.1) is 16.7 Å². The van der Waals surface area contributed by atoms with Crippen LogP contribution in [0.4, 0.5) is 13.2 Å². The zero-order valence-electron chi connectivity index (χ0n) is 13.1. The number of para-hydroxylation sites is 2. The molecule has 9 heteroatoms. The lowest BCUT2D eigenvalue weighted by atomic mass is 10.2. The average Bonchev–Trinajstić information content (AvgIpc) is 3.02. The van der Waals surface area contributed by atoms with E-state index in [1.165, 1.54) is 12.3 Å². The maximum absolute atomic E-state index is 13.1. The van der Waals surface area contributed by atoms with Crippen LogP contribution in [0.3, 0.4) is 0 Å². The quantitative estimate of drug-likeness (QED) is 0.675. The van der Waals surface area contributed by atoms with E-state index in [1.54, 1.807) is 13.0 Å². The van der Waals surface area contributed by atoms with Crippen LogP contribution in [0.5, 0.6) is 5.75 Å². The summed E-state index contributed by atoms with van der Waals surface area (Å²) in [5.41, 5.74) is 2.16. The van der Waals surface area contributed by atoms with Crippen LogP contribution < -0.4 is 4.74 Å². The molecule has 2 aromatic heterocycles. The maximum atomic E-state index is 13.1. The molecule has 0 spiro atoms. The van der Waals surface area contributed by atoms with Crippen molar-refractivity contribution in [3.05, 3.63) is 47.8 Å². The Kier molecular flexibility index (Phi) is 5.14. The van der Waals surface area contributed by atoms with Gasteiger partial charge in [-0.1, -0.05) is 12.1 Å². The summed E-state index contributed by atoms with van der Waals surface area (Å²) < 4.78 is 54.8. The second-order valence-electron chi connectivity index (χ2n) is 5.23. The smallest absolute Gasteiger partial charge is 0.322 e. The van der Waals surface area contributed by atoms with Gasteiger partial charge in [-0.3, -0.25) is 9.97 Å². The lowest BCUT2D eigenvalue weighted by Crippen LogP contribution is -2.20. The van der Waals surface area contributed by atoms with Gasteiger partial charge in [-0.15, -0.1) is 0 Å². The van der Waals surface area contributed by atoms with Gasteiger partial charge in [0.15, 0.2) is 5.75 Å². The molecule has 1 aromatic carbocycles. The number of hydrogen-bond donors (Lipinski definition) is 1. The number of pyridine rings is 1. The van der Waals surface area contributed by atoms with E-state index in [4.69, 9.17) is 0 Å². The van der Waals surface area contributed by atoms with Gasteiger partial charge in [-0.25, -0.2) is 8.78 Å². The van der Waals surface area contributed by atoms with Crippen molar-refractivity contribution in [1.82, 2.24) is 15.0 Å². The molecule has 0 aliphatic heterocycles. The minimum atomic E-state index is -3.25. The van der Waals surface area contributed by atoms with E-state index in [2.05, 4.69) is 19.7 Å². The molecule has 0 saturated carbocycles. The summed E-state index contributed by atoms with van der Waals surface area (Å²) in [7, 11) is 0. The van der Waals surface area contributed by atoms with Crippen molar-refractivity contribution in [3.63, 3.8) is 0 Å². The number of rotatable bonds is 6. The number of nitrogens with one attached hydrogen (secondary N) is 1. The molecular weight excluding hydrogens is 355 g/mol. The number of aromatic nitrogens is 3. The standard InChI is InChI=1S/C16H14F3N3O2S/c1-9-12(20-7-6-13(9)24-15(19)14(17)18)8-25(23)16-21-10-4-2-3-5-11(10)22-16/h2-7,14-15H,8H2,1H3,(H,21,22)/t15?,25-/m1/s1. The highest BCUT2D eigenvalue weighted by Gasteiger charge is 2.24. The number of benzene rings is 1. The van der Waals surface area contributed by atoms with Gasteiger partial charge in [0.25, 0.3) is 6.36 Å². The van der Waals surface area contributed by atoms with Crippen LogP contribution in [0.2, 0.25) is 0 Å². The summed E-state index contributed by atoms with van der Waals surface area (Å²) in [5, 5.41) is 0.282. The van der Waals surface area contributed by atoms with Crippen molar-refractivity contribution in [3.8, 4) is 5.75 Å². The van der Waals surface area contributed by atoms with E-state index in [-0.39, 0.29) is 16.7 Å². The van der Waals surface area contributed by atoms with Gasteiger partial charge in [0.1, 0.15) is 5.75 Å². The van der Waals surface area contributed by atoms with Gasteiger partial charge in [0.2, 0.25) is 0 Å². The van der Waals surface area contributed by atoms with Gasteiger partial charge < -0.3 is 9.29 Å². The molecular formula is C16H14F3N3O2S. The highest BCUT2D eigenvalue weighted by molar-refractivity contribution is 7.90. The number of fused-ring (bicyclic) bond motifs is 1. The normalized spacial score (nSPS) is 14.0. The summed E-state index contributed by atoms with van der Waals surface area (Å²) in [4.78, 5) is 11.3. The second-order valence-corrected chi connectivity index (χ2v) is 6.60. The molecule has 0 saturated heterocycles. The van der Waals surface area contributed by atoms with Crippen LogP contribution in [0.1, 0.15) is 11.3 Å². The molecule has 5 nitrogen and oxygen atoms in total. The Morgan fingerprint density at radius 3 is 2.72 bits per heavy atom. The van der Waals surface area contributed by atoms with Crippen LogP contribution in [-0.4, -0.2) is 32.3 Å². The monoisotopic (exact) mass is 369 g/mol. The number of aromatic amines is 1. The molecule has 0 bridgehead atoms. The van der Waals surface area contributed by atoms with Crippen LogP contribution >= 0.6 is 0 Å². The van der Waals surface area contributed by atoms with Crippen molar-refractivity contribution in [1.29, 1.82) is 0 Å². The number of hydrogen-bond acceptors (Lipinski definition) is 4.